The Morgan fingerprint density at radius 2 is 1.81 bits per heavy atom. The van der Waals surface area contributed by atoms with Crippen molar-refractivity contribution in [1.82, 2.24) is 4.90 Å². The molecule has 5 nitrogen and oxygen atoms in total. The fourth-order valence-corrected chi connectivity index (χ4v) is 4.49. The number of hydrogen-bond acceptors (Lipinski definition) is 3. The van der Waals surface area contributed by atoms with Crippen molar-refractivity contribution in [3.63, 3.8) is 0 Å². The van der Waals surface area contributed by atoms with Crippen LogP contribution in [0.3, 0.4) is 0 Å². The van der Waals surface area contributed by atoms with E-state index >= 15 is 0 Å². The van der Waals surface area contributed by atoms with E-state index in [1.165, 1.54) is 21.7 Å². The molecule has 0 saturated heterocycles. The van der Waals surface area contributed by atoms with Gasteiger partial charge in [0.2, 0.25) is 15.9 Å². The van der Waals surface area contributed by atoms with Crippen molar-refractivity contribution >= 4 is 21.6 Å². The first-order valence-electron chi connectivity index (χ1n) is 9.15. The minimum absolute atomic E-state index is 0.0107. The molecule has 0 N–H and O–H groups in total. The molecular formula is C21H26N2O3S. The van der Waals surface area contributed by atoms with Gasteiger partial charge in [-0.05, 0) is 48.6 Å². The van der Waals surface area contributed by atoms with E-state index in [0.717, 1.165) is 17.5 Å². The Labute approximate surface area is 161 Å². The first-order chi connectivity index (χ1) is 12.8. The number of fused-ring (bicyclic) bond motifs is 1. The summed E-state index contributed by atoms with van der Waals surface area (Å²) in [6, 6.07) is 13.9. The van der Waals surface area contributed by atoms with Crippen LogP contribution in [-0.2, 0) is 27.8 Å². The molecule has 0 bridgehead atoms. The monoisotopic (exact) mass is 386 g/mol. The van der Waals surface area contributed by atoms with Crippen LogP contribution in [-0.4, -0.2) is 38.6 Å². The lowest BCUT2D eigenvalue weighted by Crippen LogP contribution is -2.39. The van der Waals surface area contributed by atoms with Crippen LogP contribution in [0.4, 0.5) is 5.69 Å². The highest BCUT2D eigenvalue weighted by atomic mass is 32.2. The minimum Gasteiger partial charge on any atom is -0.338 e. The average Bonchev–Trinajstić information content (AvgIpc) is 2.63. The van der Waals surface area contributed by atoms with E-state index in [2.05, 4.69) is 6.07 Å². The normalized spacial score (nSPS) is 14.0. The lowest BCUT2D eigenvalue weighted by molar-refractivity contribution is -0.131. The van der Waals surface area contributed by atoms with Gasteiger partial charge in [-0.3, -0.25) is 9.10 Å². The Morgan fingerprint density at radius 1 is 1.11 bits per heavy atom. The highest BCUT2D eigenvalue weighted by Gasteiger charge is 2.24. The molecule has 0 atom stereocenters. The number of rotatable bonds is 5. The van der Waals surface area contributed by atoms with E-state index in [0.29, 0.717) is 18.8 Å². The molecule has 0 aromatic heterocycles. The Bertz CT molecular complexity index is 954. The predicted octanol–water partition coefficient (Wildman–Crippen LogP) is 3.04. The van der Waals surface area contributed by atoms with Crippen molar-refractivity contribution < 1.29 is 13.2 Å². The van der Waals surface area contributed by atoms with Gasteiger partial charge in [-0.25, -0.2) is 8.42 Å². The quantitative estimate of drug-likeness (QED) is 0.794. The summed E-state index contributed by atoms with van der Waals surface area (Å²) in [6.45, 7) is 5.24. The van der Waals surface area contributed by atoms with Gasteiger partial charge in [0.05, 0.1) is 11.9 Å². The SMILES string of the molecule is Cc1ccc(C)c(N(CCC(=O)N2CCc3ccccc3C2)S(C)(=O)=O)c1. The molecule has 3 rings (SSSR count). The Balaban J connectivity index is 1.73. The molecule has 1 heterocycles. The van der Waals surface area contributed by atoms with E-state index < -0.39 is 10.0 Å². The summed E-state index contributed by atoms with van der Waals surface area (Å²) < 4.78 is 26.1. The number of aryl methyl sites for hydroxylation is 2. The third-order valence-corrected chi connectivity index (χ3v) is 6.23. The third-order valence-electron chi connectivity index (χ3n) is 5.05. The molecule has 0 spiro atoms. The maximum absolute atomic E-state index is 12.7. The van der Waals surface area contributed by atoms with Gasteiger partial charge in [0.1, 0.15) is 0 Å². The van der Waals surface area contributed by atoms with Crippen molar-refractivity contribution in [2.45, 2.75) is 33.2 Å². The third kappa shape index (κ3) is 4.50. The van der Waals surface area contributed by atoms with E-state index in [-0.39, 0.29) is 18.9 Å². The molecule has 144 valence electrons. The summed E-state index contributed by atoms with van der Waals surface area (Å²) >= 11 is 0. The van der Waals surface area contributed by atoms with Crippen molar-refractivity contribution in [2.24, 2.45) is 0 Å². The van der Waals surface area contributed by atoms with E-state index in [4.69, 9.17) is 0 Å². The molecule has 2 aromatic carbocycles. The van der Waals surface area contributed by atoms with Gasteiger partial charge in [-0.2, -0.15) is 0 Å². The van der Waals surface area contributed by atoms with Crippen LogP contribution in [0.2, 0.25) is 0 Å². The average molecular weight is 387 g/mol. The standard InChI is InChI=1S/C21H26N2O3S/c1-16-8-9-17(2)20(14-16)23(27(3,25)26)13-11-21(24)22-12-10-18-6-4-5-7-19(18)15-22/h4-9,14H,10-13,15H2,1-3H3. The smallest absolute Gasteiger partial charge is 0.232 e. The molecular weight excluding hydrogens is 360 g/mol. The molecule has 1 aliphatic heterocycles. The predicted molar refractivity (Wildman–Crippen MR) is 108 cm³/mol. The molecule has 6 heteroatoms. The number of carbonyl (C=O) groups excluding carboxylic acids is 1. The number of nitrogens with zero attached hydrogens (tertiary/aromatic N) is 2. The first kappa shape index (κ1) is 19.4. The second kappa shape index (κ2) is 7.72. The molecule has 27 heavy (non-hydrogen) atoms. The van der Waals surface area contributed by atoms with Crippen molar-refractivity contribution in [3.05, 3.63) is 64.7 Å². The zero-order chi connectivity index (χ0) is 19.6. The van der Waals surface area contributed by atoms with E-state index in [9.17, 15) is 13.2 Å². The van der Waals surface area contributed by atoms with Gasteiger partial charge >= 0.3 is 0 Å². The summed E-state index contributed by atoms with van der Waals surface area (Å²) in [7, 11) is -3.47. The summed E-state index contributed by atoms with van der Waals surface area (Å²) in [4.78, 5) is 14.6. The minimum atomic E-state index is -3.47. The molecule has 0 radical (unpaired) electrons. The van der Waals surface area contributed by atoms with Gasteiger partial charge in [0.25, 0.3) is 0 Å². The number of benzene rings is 2. The number of amides is 1. The molecule has 0 fully saturated rings. The number of sulfonamides is 1. The number of hydrogen-bond donors (Lipinski definition) is 0. The van der Waals surface area contributed by atoms with Crippen LogP contribution in [0.5, 0.6) is 0 Å². The van der Waals surface area contributed by atoms with E-state index in [1.54, 1.807) is 0 Å². The van der Waals surface area contributed by atoms with Crippen LogP contribution >= 0.6 is 0 Å². The molecule has 0 unspecified atom stereocenters. The van der Waals surface area contributed by atoms with Crippen molar-refractivity contribution in [1.29, 1.82) is 0 Å². The number of carbonyl (C=O) groups is 1. The zero-order valence-corrected chi connectivity index (χ0v) is 16.9. The highest BCUT2D eigenvalue weighted by molar-refractivity contribution is 7.92. The fourth-order valence-electron chi connectivity index (χ4n) is 3.52. The summed E-state index contributed by atoms with van der Waals surface area (Å²) in [5.74, 6) is -0.0107. The zero-order valence-electron chi connectivity index (χ0n) is 16.1. The van der Waals surface area contributed by atoms with Gasteiger partial charge in [-0.15, -0.1) is 0 Å². The summed E-state index contributed by atoms with van der Waals surface area (Å²) in [5, 5.41) is 0. The van der Waals surface area contributed by atoms with Crippen LogP contribution in [0.25, 0.3) is 0 Å². The molecule has 0 saturated carbocycles. The second-order valence-corrected chi connectivity index (χ2v) is 9.12. The fraction of sp³-hybridized carbons (Fsp3) is 0.381. The van der Waals surface area contributed by atoms with Crippen LogP contribution in [0.1, 0.15) is 28.7 Å². The van der Waals surface area contributed by atoms with Gasteiger partial charge in [0, 0.05) is 26.1 Å². The van der Waals surface area contributed by atoms with Crippen LogP contribution < -0.4 is 4.31 Å². The van der Waals surface area contributed by atoms with Crippen LogP contribution in [0, 0.1) is 13.8 Å². The van der Waals surface area contributed by atoms with E-state index in [1.807, 2.05) is 55.1 Å². The van der Waals surface area contributed by atoms with Crippen molar-refractivity contribution in [2.75, 3.05) is 23.7 Å². The largest absolute Gasteiger partial charge is 0.338 e. The van der Waals surface area contributed by atoms with Gasteiger partial charge < -0.3 is 4.90 Å². The summed E-state index contributed by atoms with van der Waals surface area (Å²) in [6.07, 6.45) is 2.20. The second-order valence-electron chi connectivity index (χ2n) is 7.21. The molecule has 1 amide bonds. The Morgan fingerprint density at radius 3 is 2.52 bits per heavy atom. The summed E-state index contributed by atoms with van der Waals surface area (Å²) in [5.41, 5.74) is 4.98. The Kier molecular flexibility index (Phi) is 5.56. The van der Waals surface area contributed by atoms with Crippen molar-refractivity contribution in [3.8, 4) is 0 Å². The van der Waals surface area contributed by atoms with Crippen LogP contribution in [0.15, 0.2) is 42.5 Å². The van der Waals surface area contributed by atoms with Gasteiger partial charge in [-0.1, -0.05) is 36.4 Å². The maximum atomic E-state index is 12.7. The number of anilines is 1. The first-order valence-corrected chi connectivity index (χ1v) is 11.0. The lowest BCUT2D eigenvalue weighted by atomic mass is 10.00. The maximum Gasteiger partial charge on any atom is 0.232 e. The molecule has 2 aromatic rings. The van der Waals surface area contributed by atoms with Gasteiger partial charge in [0.15, 0.2) is 0 Å². The molecule has 1 aliphatic rings. The highest BCUT2D eigenvalue weighted by Crippen LogP contribution is 2.25. The topological polar surface area (TPSA) is 57.7 Å². The lowest BCUT2D eigenvalue weighted by Gasteiger charge is -2.30. The molecule has 0 aliphatic carbocycles. The Hall–Kier alpha value is -2.34.